The molecular weight excluding hydrogens is 371 g/mol. The number of thioether (sulfide) groups is 1. The number of anilines is 1. The van der Waals surface area contributed by atoms with E-state index in [2.05, 4.69) is 10.6 Å². The van der Waals surface area contributed by atoms with Crippen LogP contribution in [0, 0.1) is 0 Å². The van der Waals surface area contributed by atoms with Crippen LogP contribution in [-0.2, 0) is 4.79 Å². The summed E-state index contributed by atoms with van der Waals surface area (Å²) in [5.41, 5.74) is 0.990. The molecule has 24 heavy (non-hydrogen) atoms. The summed E-state index contributed by atoms with van der Waals surface area (Å²) in [4.78, 5) is 35.8. The van der Waals surface area contributed by atoms with Gasteiger partial charge in [0.1, 0.15) is 0 Å². The number of imide groups is 1. The molecule has 2 aromatic rings. The average molecular weight is 381 g/mol. The second-order valence-electron chi connectivity index (χ2n) is 4.93. The molecule has 2 aromatic carbocycles. The van der Waals surface area contributed by atoms with E-state index in [1.807, 2.05) is 0 Å². The molecule has 0 fully saturated rings. The molecule has 1 aliphatic rings. The van der Waals surface area contributed by atoms with E-state index >= 15 is 0 Å². The molecule has 0 radical (unpaired) electrons. The summed E-state index contributed by atoms with van der Waals surface area (Å²) in [7, 11) is 0. The Kier molecular flexibility index (Phi) is 4.80. The standard InChI is InChI=1S/C16H10Cl2N2O3S/c17-11-2-1-3-12(18)14(11)24-7-13(21)19-8-4-5-9-10(6-8)16(23)20-15(9)22/h1-6H,7H2,(H,19,21)(H,20,22,23). The lowest BCUT2D eigenvalue weighted by Crippen LogP contribution is -2.19. The number of benzene rings is 2. The fourth-order valence-corrected chi connectivity index (χ4v) is 3.69. The molecule has 5 nitrogen and oxygen atoms in total. The van der Waals surface area contributed by atoms with Gasteiger partial charge in [-0.2, -0.15) is 0 Å². The van der Waals surface area contributed by atoms with E-state index in [9.17, 15) is 14.4 Å². The molecular formula is C16H10Cl2N2O3S. The van der Waals surface area contributed by atoms with Crippen molar-refractivity contribution in [1.29, 1.82) is 0 Å². The fraction of sp³-hybridized carbons (Fsp3) is 0.0625. The van der Waals surface area contributed by atoms with Crippen molar-refractivity contribution >= 4 is 58.4 Å². The zero-order valence-electron chi connectivity index (χ0n) is 12.1. The third kappa shape index (κ3) is 3.40. The van der Waals surface area contributed by atoms with Gasteiger partial charge in [-0.1, -0.05) is 29.3 Å². The quantitative estimate of drug-likeness (QED) is 0.627. The molecule has 0 atom stereocenters. The Labute approximate surface area is 151 Å². The van der Waals surface area contributed by atoms with Crippen LogP contribution >= 0.6 is 35.0 Å². The molecule has 1 aliphatic heterocycles. The van der Waals surface area contributed by atoms with E-state index in [0.29, 0.717) is 26.2 Å². The summed E-state index contributed by atoms with van der Waals surface area (Å²) in [6, 6.07) is 9.67. The van der Waals surface area contributed by atoms with Gasteiger partial charge in [-0.25, -0.2) is 0 Å². The van der Waals surface area contributed by atoms with Gasteiger partial charge >= 0.3 is 0 Å². The number of hydrogen-bond donors (Lipinski definition) is 2. The highest BCUT2D eigenvalue weighted by atomic mass is 35.5. The van der Waals surface area contributed by atoms with Gasteiger partial charge in [0.15, 0.2) is 0 Å². The first-order chi connectivity index (χ1) is 11.5. The van der Waals surface area contributed by atoms with Gasteiger partial charge in [0.05, 0.1) is 26.9 Å². The molecule has 0 saturated heterocycles. The van der Waals surface area contributed by atoms with Crippen LogP contribution in [0.2, 0.25) is 10.0 Å². The highest BCUT2D eigenvalue weighted by molar-refractivity contribution is 8.00. The minimum absolute atomic E-state index is 0.103. The highest BCUT2D eigenvalue weighted by Crippen LogP contribution is 2.33. The summed E-state index contributed by atoms with van der Waals surface area (Å²) in [6.07, 6.45) is 0. The van der Waals surface area contributed by atoms with Crippen LogP contribution in [0.15, 0.2) is 41.3 Å². The van der Waals surface area contributed by atoms with Crippen molar-refractivity contribution in [2.45, 2.75) is 4.90 Å². The van der Waals surface area contributed by atoms with Crippen molar-refractivity contribution in [2.24, 2.45) is 0 Å². The van der Waals surface area contributed by atoms with E-state index in [1.54, 1.807) is 24.3 Å². The Morgan fingerprint density at radius 2 is 1.71 bits per heavy atom. The molecule has 3 amide bonds. The van der Waals surface area contributed by atoms with Crippen LogP contribution in [0.5, 0.6) is 0 Å². The Bertz CT molecular complexity index is 850. The second-order valence-corrected chi connectivity index (χ2v) is 6.73. The normalized spacial score (nSPS) is 12.8. The summed E-state index contributed by atoms with van der Waals surface area (Å²) in [5.74, 6) is -1.08. The van der Waals surface area contributed by atoms with Gasteiger partial charge in [-0.3, -0.25) is 19.7 Å². The lowest BCUT2D eigenvalue weighted by Gasteiger charge is -2.08. The Balaban J connectivity index is 1.67. The molecule has 8 heteroatoms. The topological polar surface area (TPSA) is 75.3 Å². The lowest BCUT2D eigenvalue weighted by molar-refractivity contribution is -0.113. The van der Waals surface area contributed by atoms with E-state index < -0.39 is 11.8 Å². The van der Waals surface area contributed by atoms with Gasteiger partial charge in [0.25, 0.3) is 11.8 Å². The maximum atomic E-state index is 12.1. The van der Waals surface area contributed by atoms with E-state index in [1.165, 1.54) is 23.9 Å². The van der Waals surface area contributed by atoms with Crippen molar-refractivity contribution < 1.29 is 14.4 Å². The monoisotopic (exact) mass is 380 g/mol. The third-order valence-corrected chi connectivity index (χ3v) is 5.28. The molecule has 0 aliphatic carbocycles. The number of rotatable bonds is 4. The number of fused-ring (bicyclic) bond motifs is 1. The first-order valence-corrected chi connectivity index (χ1v) is 8.56. The van der Waals surface area contributed by atoms with Crippen molar-refractivity contribution in [3.63, 3.8) is 0 Å². The molecule has 2 N–H and O–H groups in total. The Morgan fingerprint density at radius 1 is 1.04 bits per heavy atom. The number of carbonyl (C=O) groups is 3. The molecule has 0 spiro atoms. The number of halogens is 2. The Morgan fingerprint density at radius 3 is 2.42 bits per heavy atom. The molecule has 0 bridgehead atoms. The first kappa shape index (κ1) is 16.8. The van der Waals surface area contributed by atoms with Gasteiger partial charge in [0.2, 0.25) is 5.91 Å². The predicted molar refractivity (Wildman–Crippen MR) is 94.1 cm³/mol. The van der Waals surface area contributed by atoms with E-state index in [4.69, 9.17) is 23.2 Å². The third-order valence-electron chi connectivity index (χ3n) is 3.29. The van der Waals surface area contributed by atoms with Gasteiger partial charge < -0.3 is 5.32 Å². The summed E-state index contributed by atoms with van der Waals surface area (Å²) < 4.78 is 0. The fourth-order valence-electron chi connectivity index (χ4n) is 2.20. The predicted octanol–water partition coefficient (Wildman–Crippen LogP) is 3.61. The molecule has 0 aromatic heterocycles. The number of nitrogens with one attached hydrogen (secondary N) is 2. The van der Waals surface area contributed by atoms with E-state index in [-0.39, 0.29) is 17.2 Å². The lowest BCUT2D eigenvalue weighted by atomic mass is 10.1. The minimum Gasteiger partial charge on any atom is -0.325 e. The molecule has 0 saturated carbocycles. The van der Waals surface area contributed by atoms with Gasteiger partial charge in [-0.15, -0.1) is 11.8 Å². The van der Waals surface area contributed by atoms with Crippen molar-refractivity contribution in [2.75, 3.05) is 11.1 Å². The summed E-state index contributed by atoms with van der Waals surface area (Å²) in [5, 5.41) is 5.84. The zero-order valence-corrected chi connectivity index (χ0v) is 14.4. The zero-order chi connectivity index (χ0) is 17.3. The molecule has 0 unspecified atom stereocenters. The maximum Gasteiger partial charge on any atom is 0.259 e. The molecule has 122 valence electrons. The Hall–Kier alpha value is -2.02. The van der Waals surface area contributed by atoms with Crippen LogP contribution in [0.1, 0.15) is 20.7 Å². The van der Waals surface area contributed by atoms with Gasteiger partial charge in [0, 0.05) is 10.6 Å². The first-order valence-electron chi connectivity index (χ1n) is 6.82. The van der Waals surface area contributed by atoms with Crippen molar-refractivity contribution in [1.82, 2.24) is 5.32 Å². The summed E-state index contributed by atoms with van der Waals surface area (Å²) >= 11 is 13.3. The SMILES string of the molecule is O=C(CSc1c(Cl)cccc1Cl)Nc1ccc2c(c1)C(=O)NC2=O. The highest BCUT2D eigenvalue weighted by Gasteiger charge is 2.26. The van der Waals surface area contributed by atoms with Gasteiger partial charge in [-0.05, 0) is 30.3 Å². The van der Waals surface area contributed by atoms with Crippen LogP contribution < -0.4 is 10.6 Å². The minimum atomic E-state index is -0.469. The van der Waals surface area contributed by atoms with Crippen LogP contribution in [0.25, 0.3) is 0 Å². The number of amides is 3. The maximum absolute atomic E-state index is 12.1. The van der Waals surface area contributed by atoms with E-state index in [0.717, 1.165) is 0 Å². The molecule has 1 heterocycles. The summed E-state index contributed by atoms with van der Waals surface area (Å²) in [6.45, 7) is 0. The number of carbonyl (C=O) groups excluding carboxylic acids is 3. The largest absolute Gasteiger partial charge is 0.325 e. The smallest absolute Gasteiger partial charge is 0.259 e. The second kappa shape index (κ2) is 6.84. The van der Waals surface area contributed by atoms with Crippen LogP contribution in [-0.4, -0.2) is 23.5 Å². The average Bonchev–Trinajstić information content (AvgIpc) is 2.81. The van der Waals surface area contributed by atoms with Crippen LogP contribution in [0.4, 0.5) is 5.69 Å². The van der Waals surface area contributed by atoms with Crippen molar-refractivity contribution in [3.05, 3.63) is 57.6 Å². The van der Waals surface area contributed by atoms with Crippen molar-refractivity contribution in [3.8, 4) is 0 Å². The number of hydrogen-bond acceptors (Lipinski definition) is 4. The molecule has 3 rings (SSSR count). The van der Waals surface area contributed by atoms with Crippen LogP contribution in [0.3, 0.4) is 0 Å².